The van der Waals surface area contributed by atoms with Crippen molar-refractivity contribution in [3.63, 3.8) is 0 Å². The molecule has 72 valence electrons. The van der Waals surface area contributed by atoms with Crippen LogP contribution in [0.2, 0.25) is 0 Å². The fraction of sp³-hybridized carbons (Fsp3) is 0.375. The molecule has 0 spiro atoms. The van der Waals surface area contributed by atoms with Gasteiger partial charge in [0.15, 0.2) is 0 Å². The summed E-state index contributed by atoms with van der Waals surface area (Å²) >= 11 is 7.42. The van der Waals surface area contributed by atoms with Crippen molar-refractivity contribution in [2.24, 2.45) is 0 Å². The summed E-state index contributed by atoms with van der Waals surface area (Å²) in [7, 11) is 0. The lowest BCUT2D eigenvalue weighted by molar-refractivity contribution is 0.149. The van der Waals surface area contributed by atoms with Gasteiger partial charge in [-0.3, -0.25) is 4.98 Å². The van der Waals surface area contributed by atoms with E-state index in [1.807, 2.05) is 22.6 Å². The molecule has 1 aromatic heterocycles. The SMILES string of the molecule is Cc1nc(CCl)cc(I)c1C(F)F. The highest BCUT2D eigenvalue weighted by Gasteiger charge is 2.16. The molecule has 1 aromatic rings. The van der Waals surface area contributed by atoms with Crippen LogP contribution in [0, 0.1) is 10.5 Å². The van der Waals surface area contributed by atoms with Gasteiger partial charge in [0.25, 0.3) is 6.43 Å². The van der Waals surface area contributed by atoms with Crippen molar-refractivity contribution in [3.05, 3.63) is 26.6 Å². The Morgan fingerprint density at radius 1 is 1.62 bits per heavy atom. The smallest absolute Gasteiger partial charge is 0.256 e. The Labute approximate surface area is 93.6 Å². The first kappa shape index (κ1) is 11.1. The Kier molecular flexibility index (Phi) is 3.85. The monoisotopic (exact) mass is 317 g/mol. The molecule has 1 nitrogen and oxygen atoms in total. The van der Waals surface area contributed by atoms with Crippen LogP contribution in [0.25, 0.3) is 0 Å². The van der Waals surface area contributed by atoms with Gasteiger partial charge in [-0.05, 0) is 35.6 Å². The second kappa shape index (κ2) is 4.50. The van der Waals surface area contributed by atoms with Gasteiger partial charge < -0.3 is 0 Å². The minimum atomic E-state index is -2.47. The molecular weight excluding hydrogens is 310 g/mol. The molecule has 0 atom stereocenters. The van der Waals surface area contributed by atoms with E-state index in [4.69, 9.17) is 11.6 Å². The molecule has 1 rings (SSSR count). The molecule has 1 heterocycles. The lowest BCUT2D eigenvalue weighted by atomic mass is 10.2. The van der Waals surface area contributed by atoms with E-state index in [-0.39, 0.29) is 11.4 Å². The third-order valence-corrected chi connectivity index (χ3v) is 2.77. The zero-order valence-electron chi connectivity index (χ0n) is 6.82. The Morgan fingerprint density at radius 3 is 2.62 bits per heavy atom. The summed E-state index contributed by atoms with van der Waals surface area (Å²) in [5, 5.41) is 0. The molecule has 0 saturated heterocycles. The number of alkyl halides is 3. The number of hydrogen-bond donors (Lipinski definition) is 0. The molecule has 0 fully saturated rings. The predicted octanol–water partition coefficient (Wildman–Crippen LogP) is 3.67. The number of hydrogen-bond acceptors (Lipinski definition) is 1. The van der Waals surface area contributed by atoms with Gasteiger partial charge in [-0.15, -0.1) is 11.6 Å². The number of rotatable bonds is 2. The van der Waals surface area contributed by atoms with Crippen molar-refractivity contribution in [3.8, 4) is 0 Å². The molecule has 13 heavy (non-hydrogen) atoms. The van der Waals surface area contributed by atoms with Crippen molar-refractivity contribution in [2.75, 3.05) is 0 Å². The van der Waals surface area contributed by atoms with E-state index in [0.29, 0.717) is 15.0 Å². The maximum atomic E-state index is 12.4. The largest absolute Gasteiger partial charge is 0.266 e. The summed E-state index contributed by atoms with van der Waals surface area (Å²) in [6, 6.07) is 1.59. The Bertz CT molecular complexity index is 294. The van der Waals surface area contributed by atoms with Crippen LogP contribution in [0.4, 0.5) is 8.78 Å². The summed E-state index contributed by atoms with van der Waals surface area (Å²) in [5.74, 6) is 0.250. The second-order valence-electron chi connectivity index (χ2n) is 2.53. The lowest BCUT2D eigenvalue weighted by Crippen LogP contribution is -2.00. The average Bonchev–Trinajstić information content (AvgIpc) is 2.02. The van der Waals surface area contributed by atoms with E-state index in [0.717, 1.165) is 0 Å². The first-order chi connectivity index (χ1) is 6.06. The quantitative estimate of drug-likeness (QED) is 0.599. The fourth-order valence-corrected chi connectivity index (χ4v) is 2.16. The van der Waals surface area contributed by atoms with Gasteiger partial charge in [-0.1, -0.05) is 0 Å². The molecule has 0 saturated carbocycles. The zero-order valence-corrected chi connectivity index (χ0v) is 9.73. The molecule has 0 aliphatic heterocycles. The topological polar surface area (TPSA) is 12.9 Å². The molecule has 0 aliphatic rings. The van der Waals surface area contributed by atoms with Crippen LogP contribution < -0.4 is 0 Å². The van der Waals surface area contributed by atoms with Crippen LogP contribution >= 0.6 is 34.2 Å². The average molecular weight is 318 g/mol. The maximum absolute atomic E-state index is 12.4. The predicted molar refractivity (Wildman–Crippen MR) is 56.2 cm³/mol. The van der Waals surface area contributed by atoms with Crippen molar-refractivity contribution in [2.45, 2.75) is 19.2 Å². The number of aromatic nitrogens is 1. The molecule has 5 heteroatoms. The summed E-state index contributed by atoms with van der Waals surface area (Å²) in [4.78, 5) is 3.96. The first-order valence-corrected chi connectivity index (χ1v) is 5.17. The van der Waals surface area contributed by atoms with Crippen LogP contribution in [0.3, 0.4) is 0 Å². The maximum Gasteiger partial charge on any atom is 0.266 e. The van der Waals surface area contributed by atoms with Crippen LogP contribution in [0.1, 0.15) is 23.4 Å². The highest BCUT2D eigenvalue weighted by molar-refractivity contribution is 14.1. The molecule has 0 aromatic carbocycles. The van der Waals surface area contributed by atoms with Gasteiger partial charge in [0, 0.05) is 9.26 Å². The summed E-state index contributed by atoms with van der Waals surface area (Å²) in [6.07, 6.45) is -2.47. The van der Waals surface area contributed by atoms with Gasteiger partial charge in [0.2, 0.25) is 0 Å². The molecule has 0 unspecified atom stereocenters. The molecule has 0 radical (unpaired) electrons. The van der Waals surface area contributed by atoms with Crippen LogP contribution in [0.15, 0.2) is 6.07 Å². The second-order valence-corrected chi connectivity index (χ2v) is 3.96. The number of halogens is 4. The number of aryl methyl sites for hydroxylation is 1. The Hall–Kier alpha value is 0.0300. The van der Waals surface area contributed by atoms with E-state index < -0.39 is 6.43 Å². The molecule has 0 N–H and O–H groups in total. The van der Waals surface area contributed by atoms with E-state index in [9.17, 15) is 8.78 Å². The van der Waals surface area contributed by atoms with Crippen LogP contribution in [-0.2, 0) is 5.88 Å². The van der Waals surface area contributed by atoms with Crippen molar-refractivity contribution in [1.29, 1.82) is 0 Å². The van der Waals surface area contributed by atoms with Crippen LogP contribution in [0.5, 0.6) is 0 Å². The summed E-state index contributed by atoms with van der Waals surface area (Å²) in [6.45, 7) is 1.57. The number of pyridine rings is 1. The Balaban J connectivity index is 3.23. The molecule has 0 amide bonds. The normalized spacial score (nSPS) is 10.9. The minimum absolute atomic E-state index is 0.00877. The minimum Gasteiger partial charge on any atom is -0.256 e. The molecule has 0 aliphatic carbocycles. The van der Waals surface area contributed by atoms with E-state index in [1.165, 1.54) is 0 Å². The van der Waals surface area contributed by atoms with E-state index in [1.54, 1.807) is 13.0 Å². The molecule has 0 bridgehead atoms. The third-order valence-electron chi connectivity index (χ3n) is 1.61. The number of nitrogens with zero attached hydrogens (tertiary/aromatic N) is 1. The highest BCUT2D eigenvalue weighted by Crippen LogP contribution is 2.27. The molecular formula is C8H7ClF2IN. The zero-order chi connectivity index (χ0) is 10.0. The van der Waals surface area contributed by atoms with Crippen molar-refractivity contribution >= 4 is 34.2 Å². The van der Waals surface area contributed by atoms with Gasteiger partial charge in [0.05, 0.1) is 17.1 Å². The standard InChI is InChI=1S/C8H7ClF2IN/c1-4-7(8(10)11)6(12)2-5(3-9)13-4/h2,8H,3H2,1H3. The Morgan fingerprint density at radius 2 is 2.23 bits per heavy atom. The first-order valence-electron chi connectivity index (χ1n) is 3.56. The van der Waals surface area contributed by atoms with Gasteiger partial charge in [-0.25, -0.2) is 8.78 Å². The summed E-state index contributed by atoms with van der Waals surface area (Å²) in [5.41, 5.74) is 1.000. The highest BCUT2D eigenvalue weighted by atomic mass is 127. The third kappa shape index (κ3) is 2.49. The van der Waals surface area contributed by atoms with Gasteiger partial charge in [-0.2, -0.15) is 0 Å². The van der Waals surface area contributed by atoms with Crippen LogP contribution in [-0.4, -0.2) is 4.98 Å². The fourth-order valence-electron chi connectivity index (χ4n) is 1.04. The van der Waals surface area contributed by atoms with Crippen molar-refractivity contribution in [1.82, 2.24) is 4.98 Å². The van der Waals surface area contributed by atoms with Crippen molar-refractivity contribution < 1.29 is 8.78 Å². The van der Waals surface area contributed by atoms with Gasteiger partial charge in [0.1, 0.15) is 0 Å². The van der Waals surface area contributed by atoms with E-state index in [2.05, 4.69) is 4.98 Å². The summed E-state index contributed by atoms with van der Waals surface area (Å²) < 4.78 is 25.4. The van der Waals surface area contributed by atoms with E-state index >= 15 is 0 Å². The lowest BCUT2D eigenvalue weighted by Gasteiger charge is -2.08. The van der Waals surface area contributed by atoms with Gasteiger partial charge >= 0.3 is 0 Å².